The van der Waals surface area contributed by atoms with Crippen LogP contribution in [0.3, 0.4) is 0 Å². The van der Waals surface area contributed by atoms with E-state index in [4.69, 9.17) is 0 Å². The number of nitro benzene ring substituents is 1. The van der Waals surface area contributed by atoms with Gasteiger partial charge in [-0.2, -0.15) is 0 Å². The van der Waals surface area contributed by atoms with Crippen molar-refractivity contribution < 1.29 is 24.1 Å². The number of carbonyl (C=O) groups excluding carboxylic acids is 4. The first-order chi connectivity index (χ1) is 17.4. The monoisotopic (exact) mass is 484 g/mol. The van der Waals surface area contributed by atoms with Crippen molar-refractivity contribution in [2.75, 3.05) is 24.5 Å². The third-order valence-corrected chi connectivity index (χ3v) is 6.36. The number of nitro groups is 1. The van der Waals surface area contributed by atoms with Crippen LogP contribution in [0.2, 0.25) is 0 Å². The molecule has 0 spiro atoms. The molecule has 10 heteroatoms. The number of nitrogens with one attached hydrogen (secondary N) is 1. The lowest BCUT2D eigenvalue weighted by molar-refractivity contribution is -0.384. The molecule has 3 aromatic carbocycles. The van der Waals surface area contributed by atoms with Gasteiger partial charge in [0.2, 0.25) is 0 Å². The standard InChI is InChI=1S/C26H20N4O6/c31-23-18-5-1-3-7-20(18)25(33)29-22(23)15-28(16-9-11-17(12-10-16)30(35)36)14-13-27-24(32)19-6-2-4-8-21(19)26(29)34/h1-12,22H,13-15H2,(H,27,32). The zero-order valence-electron chi connectivity index (χ0n) is 18.9. The number of amides is 3. The number of rotatable bonds is 2. The summed E-state index contributed by atoms with van der Waals surface area (Å²) in [5, 5.41) is 13.9. The van der Waals surface area contributed by atoms with E-state index in [-0.39, 0.29) is 47.6 Å². The fourth-order valence-corrected chi connectivity index (χ4v) is 4.57. The van der Waals surface area contributed by atoms with Gasteiger partial charge in [0.25, 0.3) is 23.4 Å². The predicted octanol–water partition coefficient (Wildman–Crippen LogP) is 2.69. The Hall–Kier alpha value is -4.86. The number of nitrogens with zero attached hydrogens (tertiary/aromatic N) is 3. The summed E-state index contributed by atoms with van der Waals surface area (Å²) in [4.78, 5) is 67.1. The molecule has 0 fully saturated rings. The average molecular weight is 484 g/mol. The fraction of sp³-hybridized carbons (Fsp3) is 0.154. The Morgan fingerprint density at radius 2 is 1.33 bits per heavy atom. The quantitative estimate of drug-likeness (QED) is 0.336. The van der Waals surface area contributed by atoms with Gasteiger partial charge in [0.1, 0.15) is 6.04 Å². The minimum atomic E-state index is -1.17. The molecule has 36 heavy (non-hydrogen) atoms. The van der Waals surface area contributed by atoms with Gasteiger partial charge in [-0.3, -0.25) is 34.2 Å². The molecule has 1 unspecified atom stereocenters. The first-order valence-electron chi connectivity index (χ1n) is 11.2. The Labute approximate surface area is 205 Å². The molecule has 1 atom stereocenters. The molecular formula is C26H20N4O6. The molecule has 180 valence electrons. The van der Waals surface area contributed by atoms with Crippen LogP contribution in [0.5, 0.6) is 0 Å². The zero-order chi connectivity index (χ0) is 25.4. The lowest BCUT2D eigenvalue weighted by atomic mass is 9.90. The molecule has 3 amide bonds. The maximum atomic E-state index is 13.8. The number of hydrogen-bond acceptors (Lipinski definition) is 7. The Kier molecular flexibility index (Phi) is 5.77. The highest BCUT2D eigenvalue weighted by Gasteiger charge is 2.44. The summed E-state index contributed by atoms with van der Waals surface area (Å²) in [5.74, 6) is -2.26. The second kappa shape index (κ2) is 9.06. The van der Waals surface area contributed by atoms with Gasteiger partial charge < -0.3 is 10.2 Å². The highest BCUT2D eigenvalue weighted by Crippen LogP contribution is 2.29. The lowest BCUT2D eigenvalue weighted by Crippen LogP contribution is -2.57. The van der Waals surface area contributed by atoms with Gasteiger partial charge in [0.15, 0.2) is 5.78 Å². The van der Waals surface area contributed by atoms with Gasteiger partial charge in [0, 0.05) is 43.0 Å². The normalized spacial score (nSPS) is 17.9. The Morgan fingerprint density at radius 3 is 1.94 bits per heavy atom. The van der Waals surface area contributed by atoms with E-state index in [1.54, 1.807) is 35.2 Å². The van der Waals surface area contributed by atoms with Gasteiger partial charge in [-0.1, -0.05) is 30.3 Å². The highest BCUT2D eigenvalue weighted by atomic mass is 16.6. The molecule has 5 rings (SSSR count). The van der Waals surface area contributed by atoms with Crippen molar-refractivity contribution in [3.63, 3.8) is 0 Å². The molecule has 0 radical (unpaired) electrons. The van der Waals surface area contributed by atoms with Crippen LogP contribution in [0.25, 0.3) is 0 Å². The number of non-ortho nitro benzene ring substituents is 1. The second-order valence-corrected chi connectivity index (χ2v) is 8.43. The first kappa shape index (κ1) is 22.9. The fourth-order valence-electron chi connectivity index (χ4n) is 4.57. The molecular weight excluding hydrogens is 464 g/mol. The number of carbonyl (C=O) groups is 4. The third-order valence-electron chi connectivity index (χ3n) is 6.36. The van der Waals surface area contributed by atoms with Crippen LogP contribution < -0.4 is 10.2 Å². The topological polar surface area (TPSA) is 130 Å². The van der Waals surface area contributed by atoms with Crippen molar-refractivity contribution in [1.82, 2.24) is 10.2 Å². The van der Waals surface area contributed by atoms with E-state index in [0.717, 1.165) is 4.90 Å². The predicted molar refractivity (Wildman–Crippen MR) is 129 cm³/mol. The van der Waals surface area contributed by atoms with E-state index in [1.807, 2.05) is 0 Å². The maximum Gasteiger partial charge on any atom is 0.269 e. The van der Waals surface area contributed by atoms with E-state index in [2.05, 4.69) is 5.32 Å². The second-order valence-electron chi connectivity index (χ2n) is 8.43. The van der Waals surface area contributed by atoms with Crippen LogP contribution >= 0.6 is 0 Å². The number of anilines is 1. The van der Waals surface area contributed by atoms with Crippen molar-refractivity contribution in [3.8, 4) is 0 Å². The molecule has 0 aliphatic carbocycles. The molecule has 10 nitrogen and oxygen atoms in total. The molecule has 0 aromatic heterocycles. The van der Waals surface area contributed by atoms with E-state index in [0.29, 0.717) is 5.69 Å². The number of hydrogen-bond donors (Lipinski definition) is 1. The molecule has 2 aliphatic heterocycles. The minimum absolute atomic E-state index is 0.0179. The summed E-state index contributed by atoms with van der Waals surface area (Å²) in [6.45, 7) is 0.345. The van der Waals surface area contributed by atoms with Crippen LogP contribution in [0.4, 0.5) is 11.4 Å². The largest absolute Gasteiger partial charge is 0.367 e. The van der Waals surface area contributed by atoms with Crippen LogP contribution in [0, 0.1) is 10.1 Å². The van der Waals surface area contributed by atoms with Crippen LogP contribution in [0.1, 0.15) is 41.4 Å². The highest BCUT2D eigenvalue weighted by molar-refractivity contribution is 6.23. The summed E-state index contributed by atoms with van der Waals surface area (Å²) in [7, 11) is 0. The lowest BCUT2D eigenvalue weighted by Gasteiger charge is -2.37. The summed E-state index contributed by atoms with van der Waals surface area (Å²) < 4.78 is 0. The van der Waals surface area contributed by atoms with Crippen LogP contribution in [-0.4, -0.2) is 59.0 Å². The van der Waals surface area contributed by atoms with Gasteiger partial charge in [-0.15, -0.1) is 0 Å². The molecule has 2 heterocycles. The molecule has 2 aliphatic rings. The Balaban J connectivity index is 1.64. The SMILES string of the molecule is O=C1NCCN(c2ccc([N+](=O)[O-])cc2)CC2C(=O)c3ccccc3C(=O)N2C(=O)c2ccccc21. The van der Waals surface area contributed by atoms with E-state index in [9.17, 15) is 29.3 Å². The third kappa shape index (κ3) is 3.88. The van der Waals surface area contributed by atoms with Crippen molar-refractivity contribution in [2.45, 2.75) is 6.04 Å². The Morgan fingerprint density at radius 1 is 0.778 bits per heavy atom. The number of imide groups is 1. The molecule has 3 aromatic rings. The van der Waals surface area contributed by atoms with Crippen molar-refractivity contribution in [2.24, 2.45) is 0 Å². The number of benzene rings is 3. The summed E-state index contributed by atoms with van der Waals surface area (Å²) in [6.07, 6.45) is 0. The van der Waals surface area contributed by atoms with E-state index < -0.39 is 34.5 Å². The average Bonchev–Trinajstić information content (AvgIpc) is 2.92. The smallest absolute Gasteiger partial charge is 0.269 e. The maximum absolute atomic E-state index is 13.8. The summed E-state index contributed by atoms with van der Waals surface area (Å²) >= 11 is 0. The van der Waals surface area contributed by atoms with Crippen LogP contribution in [-0.2, 0) is 0 Å². The van der Waals surface area contributed by atoms with E-state index in [1.165, 1.54) is 42.5 Å². The van der Waals surface area contributed by atoms with Crippen molar-refractivity contribution >= 4 is 34.9 Å². The molecule has 1 N–H and O–H groups in total. The molecule has 0 bridgehead atoms. The number of ketones is 1. The van der Waals surface area contributed by atoms with Gasteiger partial charge >= 0.3 is 0 Å². The first-order valence-corrected chi connectivity index (χ1v) is 11.2. The Bertz CT molecular complexity index is 1420. The van der Waals surface area contributed by atoms with Crippen molar-refractivity contribution in [3.05, 3.63) is 105 Å². The van der Waals surface area contributed by atoms with Gasteiger partial charge in [0.05, 0.1) is 21.6 Å². The van der Waals surface area contributed by atoms with Crippen molar-refractivity contribution in [1.29, 1.82) is 0 Å². The summed E-state index contributed by atoms with van der Waals surface area (Å²) in [5.41, 5.74) is 0.893. The zero-order valence-corrected chi connectivity index (χ0v) is 18.9. The summed E-state index contributed by atoms with van der Waals surface area (Å²) in [6, 6.07) is 17.0. The van der Waals surface area contributed by atoms with Gasteiger partial charge in [-0.05, 0) is 30.3 Å². The molecule has 0 saturated carbocycles. The number of fused-ring (bicyclic) bond motifs is 3. The number of Topliss-reactive ketones (excluding diaryl/α,β-unsaturated/α-hetero) is 1. The minimum Gasteiger partial charge on any atom is -0.367 e. The molecule has 0 saturated heterocycles. The van der Waals surface area contributed by atoms with E-state index >= 15 is 0 Å². The van der Waals surface area contributed by atoms with Crippen LogP contribution in [0.15, 0.2) is 72.8 Å². The van der Waals surface area contributed by atoms with Gasteiger partial charge in [-0.25, -0.2) is 0 Å².